The summed E-state index contributed by atoms with van der Waals surface area (Å²) in [5.41, 5.74) is 2.74. The molecular formula is C21H20N2O. The van der Waals surface area contributed by atoms with Gasteiger partial charge in [-0.25, -0.2) is 0 Å². The number of hydrogen-bond donors (Lipinski definition) is 1. The van der Waals surface area contributed by atoms with Gasteiger partial charge in [-0.15, -0.1) is 0 Å². The second-order valence-electron chi connectivity index (χ2n) is 6.51. The molecule has 0 radical (unpaired) electrons. The van der Waals surface area contributed by atoms with Gasteiger partial charge in [0.2, 0.25) is 0 Å². The highest BCUT2D eigenvalue weighted by Gasteiger charge is 2.34. The van der Waals surface area contributed by atoms with Crippen LogP contribution in [0.5, 0.6) is 0 Å². The van der Waals surface area contributed by atoms with Gasteiger partial charge in [-0.3, -0.25) is 4.79 Å². The van der Waals surface area contributed by atoms with Gasteiger partial charge in [-0.1, -0.05) is 48.5 Å². The predicted molar refractivity (Wildman–Crippen MR) is 98.1 cm³/mol. The molecule has 1 aliphatic heterocycles. The average Bonchev–Trinajstić information content (AvgIpc) is 2.61. The maximum Gasteiger partial charge on any atom is 0.258 e. The lowest BCUT2D eigenvalue weighted by molar-refractivity contribution is 0.0617. The Balaban J connectivity index is 1.83. The first-order valence-corrected chi connectivity index (χ1v) is 8.32. The van der Waals surface area contributed by atoms with Gasteiger partial charge in [0, 0.05) is 11.7 Å². The van der Waals surface area contributed by atoms with E-state index in [1.807, 2.05) is 41.3 Å². The van der Waals surface area contributed by atoms with Gasteiger partial charge in [0.05, 0.1) is 5.56 Å². The summed E-state index contributed by atoms with van der Waals surface area (Å²) in [7, 11) is 0. The maximum atomic E-state index is 13.0. The number of para-hydroxylation sites is 1. The van der Waals surface area contributed by atoms with E-state index in [0.29, 0.717) is 0 Å². The Bertz CT molecular complexity index is 916. The second kappa shape index (κ2) is 5.68. The maximum absolute atomic E-state index is 13.0. The average molecular weight is 316 g/mol. The molecule has 3 nitrogen and oxygen atoms in total. The van der Waals surface area contributed by atoms with Gasteiger partial charge >= 0.3 is 0 Å². The van der Waals surface area contributed by atoms with Crippen molar-refractivity contribution in [1.29, 1.82) is 0 Å². The minimum atomic E-state index is -0.156. The van der Waals surface area contributed by atoms with Crippen LogP contribution < -0.4 is 5.32 Å². The molecule has 0 aromatic heterocycles. The molecule has 1 atom stereocenters. The molecule has 0 fully saturated rings. The van der Waals surface area contributed by atoms with Crippen LogP contribution in [0, 0.1) is 0 Å². The summed E-state index contributed by atoms with van der Waals surface area (Å²) in [4.78, 5) is 14.9. The molecule has 24 heavy (non-hydrogen) atoms. The van der Waals surface area contributed by atoms with E-state index >= 15 is 0 Å². The Morgan fingerprint density at radius 2 is 1.62 bits per heavy atom. The number of anilines is 1. The molecule has 3 aromatic carbocycles. The summed E-state index contributed by atoms with van der Waals surface area (Å²) >= 11 is 0. The third-order valence-electron chi connectivity index (χ3n) is 4.61. The molecule has 1 heterocycles. The van der Waals surface area contributed by atoms with Gasteiger partial charge in [0.25, 0.3) is 5.91 Å². The number of amides is 1. The number of rotatable bonds is 2. The van der Waals surface area contributed by atoms with Crippen molar-refractivity contribution in [2.24, 2.45) is 0 Å². The molecule has 120 valence electrons. The van der Waals surface area contributed by atoms with Crippen molar-refractivity contribution >= 4 is 22.4 Å². The third kappa shape index (κ3) is 2.33. The molecular weight excluding hydrogens is 296 g/mol. The molecule has 0 bridgehead atoms. The van der Waals surface area contributed by atoms with E-state index in [0.717, 1.165) is 16.8 Å². The number of fused-ring (bicyclic) bond motifs is 2. The highest BCUT2D eigenvalue weighted by molar-refractivity contribution is 6.02. The molecule has 0 aliphatic carbocycles. The summed E-state index contributed by atoms with van der Waals surface area (Å²) in [6, 6.07) is 22.5. The molecule has 0 saturated heterocycles. The molecule has 0 spiro atoms. The van der Waals surface area contributed by atoms with Gasteiger partial charge in [-0.05, 0) is 48.4 Å². The minimum Gasteiger partial charge on any atom is -0.361 e. The summed E-state index contributed by atoms with van der Waals surface area (Å²) in [5, 5.41) is 5.94. The van der Waals surface area contributed by atoms with E-state index in [1.54, 1.807) is 0 Å². The fourth-order valence-corrected chi connectivity index (χ4v) is 3.42. The van der Waals surface area contributed by atoms with E-state index < -0.39 is 0 Å². The van der Waals surface area contributed by atoms with Crippen LogP contribution in [0.15, 0.2) is 66.7 Å². The number of nitrogens with zero attached hydrogens (tertiary/aromatic N) is 1. The van der Waals surface area contributed by atoms with Crippen LogP contribution in [0.1, 0.15) is 35.9 Å². The van der Waals surface area contributed by atoms with Crippen molar-refractivity contribution in [2.75, 3.05) is 5.32 Å². The molecule has 3 aromatic rings. The number of carbonyl (C=O) groups excluding carboxylic acids is 1. The van der Waals surface area contributed by atoms with Crippen LogP contribution in [-0.2, 0) is 0 Å². The van der Waals surface area contributed by atoms with E-state index in [1.165, 1.54) is 10.8 Å². The molecule has 1 aliphatic rings. The van der Waals surface area contributed by atoms with Crippen molar-refractivity contribution < 1.29 is 4.79 Å². The SMILES string of the molecule is CC(C)N1C(=O)c2ccccc2NC1c1ccc2ccccc2c1. The largest absolute Gasteiger partial charge is 0.361 e. The van der Waals surface area contributed by atoms with E-state index in [9.17, 15) is 4.79 Å². The minimum absolute atomic E-state index is 0.0810. The van der Waals surface area contributed by atoms with E-state index in [4.69, 9.17) is 0 Å². The highest BCUT2D eigenvalue weighted by Crippen LogP contribution is 2.35. The molecule has 1 amide bonds. The molecule has 3 heteroatoms. The first-order chi connectivity index (χ1) is 11.6. The zero-order valence-corrected chi connectivity index (χ0v) is 13.9. The van der Waals surface area contributed by atoms with Gasteiger partial charge < -0.3 is 10.2 Å². The smallest absolute Gasteiger partial charge is 0.258 e. The molecule has 4 rings (SSSR count). The molecule has 1 unspecified atom stereocenters. The van der Waals surface area contributed by atoms with Crippen molar-refractivity contribution in [1.82, 2.24) is 4.90 Å². The standard InChI is InChI=1S/C21H20N2O/c1-14(2)23-20(22-19-10-6-5-9-18(19)21(23)24)17-12-11-15-7-3-4-8-16(15)13-17/h3-14,20,22H,1-2H3. The fraction of sp³-hybridized carbons (Fsp3) is 0.190. The quantitative estimate of drug-likeness (QED) is 0.735. The number of carbonyl (C=O) groups is 1. The number of hydrogen-bond acceptors (Lipinski definition) is 2. The van der Waals surface area contributed by atoms with Crippen molar-refractivity contribution in [3.8, 4) is 0 Å². The summed E-state index contributed by atoms with van der Waals surface area (Å²) in [6.07, 6.45) is -0.156. The summed E-state index contributed by atoms with van der Waals surface area (Å²) < 4.78 is 0. The molecule has 0 saturated carbocycles. The molecule has 1 N–H and O–H groups in total. The summed E-state index contributed by atoms with van der Waals surface area (Å²) in [6.45, 7) is 4.11. The highest BCUT2D eigenvalue weighted by atomic mass is 16.2. The third-order valence-corrected chi connectivity index (χ3v) is 4.61. The van der Waals surface area contributed by atoms with Crippen LogP contribution in [0.4, 0.5) is 5.69 Å². The lowest BCUT2D eigenvalue weighted by Crippen LogP contribution is -2.46. The van der Waals surface area contributed by atoms with Gasteiger partial charge in [0.1, 0.15) is 6.17 Å². The predicted octanol–water partition coefficient (Wildman–Crippen LogP) is 4.81. The Hall–Kier alpha value is -2.81. The monoisotopic (exact) mass is 316 g/mol. The van der Waals surface area contributed by atoms with Crippen LogP contribution in [0.3, 0.4) is 0 Å². The number of nitrogens with one attached hydrogen (secondary N) is 1. The Morgan fingerprint density at radius 3 is 2.42 bits per heavy atom. The Labute approximate surface area is 141 Å². The van der Waals surface area contributed by atoms with Crippen LogP contribution >= 0.6 is 0 Å². The van der Waals surface area contributed by atoms with Crippen molar-refractivity contribution in [3.05, 3.63) is 77.9 Å². The van der Waals surface area contributed by atoms with Crippen LogP contribution in [-0.4, -0.2) is 16.8 Å². The van der Waals surface area contributed by atoms with Gasteiger partial charge in [-0.2, -0.15) is 0 Å². The Kier molecular flexibility index (Phi) is 3.49. The first kappa shape index (κ1) is 14.8. The Morgan fingerprint density at radius 1 is 0.917 bits per heavy atom. The van der Waals surface area contributed by atoms with Crippen LogP contribution in [0.25, 0.3) is 10.8 Å². The van der Waals surface area contributed by atoms with Crippen LogP contribution in [0.2, 0.25) is 0 Å². The zero-order chi connectivity index (χ0) is 16.7. The summed E-state index contributed by atoms with van der Waals surface area (Å²) in [5.74, 6) is 0.0810. The zero-order valence-electron chi connectivity index (χ0n) is 13.9. The lowest BCUT2D eigenvalue weighted by atomic mass is 9.99. The second-order valence-corrected chi connectivity index (χ2v) is 6.51. The topological polar surface area (TPSA) is 32.3 Å². The lowest BCUT2D eigenvalue weighted by Gasteiger charge is -2.40. The fourth-order valence-electron chi connectivity index (χ4n) is 3.42. The normalized spacial score (nSPS) is 17.0. The first-order valence-electron chi connectivity index (χ1n) is 8.32. The number of benzene rings is 3. The van der Waals surface area contributed by atoms with E-state index in [-0.39, 0.29) is 18.1 Å². The van der Waals surface area contributed by atoms with Crippen molar-refractivity contribution in [2.45, 2.75) is 26.1 Å². The van der Waals surface area contributed by atoms with E-state index in [2.05, 4.69) is 49.5 Å². The van der Waals surface area contributed by atoms with Gasteiger partial charge in [0.15, 0.2) is 0 Å². The van der Waals surface area contributed by atoms with Crippen molar-refractivity contribution in [3.63, 3.8) is 0 Å².